The van der Waals surface area contributed by atoms with Gasteiger partial charge in [-0.1, -0.05) is 17.8 Å². The Bertz CT molecular complexity index is 966. The molecule has 11 heteroatoms. The quantitative estimate of drug-likeness (QED) is 0.507. The molecule has 0 spiro atoms. The van der Waals surface area contributed by atoms with Crippen LogP contribution in [0.4, 0.5) is 16.2 Å². The monoisotopic (exact) mass is 447 g/mol. The second kappa shape index (κ2) is 9.43. The molecule has 2 aromatic rings. The number of amides is 1. The first-order chi connectivity index (χ1) is 14.3. The topological polar surface area (TPSA) is 116 Å². The minimum atomic E-state index is -0.680. The molecule has 1 amide bonds. The highest BCUT2D eigenvalue weighted by molar-refractivity contribution is 8.02. The van der Waals surface area contributed by atoms with Crippen molar-refractivity contribution in [2.75, 3.05) is 16.8 Å². The average Bonchev–Trinajstić information content (AvgIpc) is 3.35. The highest BCUT2D eigenvalue weighted by Crippen LogP contribution is 2.31. The van der Waals surface area contributed by atoms with Crippen molar-refractivity contribution in [1.29, 1.82) is 0 Å². The van der Waals surface area contributed by atoms with Gasteiger partial charge in [-0.05, 0) is 55.6 Å². The van der Waals surface area contributed by atoms with Crippen LogP contribution in [-0.4, -0.2) is 43.9 Å². The van der Waals surface area contributed by atoms with Gasteiger partial charge in [0.2, 0.25) is 11.1 Å². The van der Waals surface area contributed by atoms with Gasteiger partial charge in [0.15, 0.2) is 5.82 Å². The molecular weight excluding hydrogens is 426 g/mol. The summed E-state index contributed by atoms with van der Waals surface area (Å²) in [4.78, 5) is 35.6. The number of anilines is 1. The Morgan fingerprint density at radius 2 is 2.03 bits per heavy atom. The molecule has 30 heavy (non-hydrogen) atoms. The Hall–Kier alpha value is -2.66. The van der Waals surface area contributed by atoms with Crippen molar-refractivity contribution in [2.24, 2.45) is 5.18 Å². The number of hydrogen-bond donors (Lipinski definition) is 1. The van der Waals surface area contributed by atoms with E-state index in [1.807, 2.05) is 11.5 Å². The van der Waals surface area contributed by atoms with Crippen LogP contribution >= 0.6 is 23.5 Å². The van der Waals surface area contributed by atoms with Crippen LogP contribution in [0, 0.1) is 4.91 Å². The first kappa shape index (κ1) is 22.0. The van der Waals surface area contributed by atoms with Crippen LogP contribution in [0.15, 0.2) is 46.1 Å². The van der Waals surface area contributed by atoms with Crippen LogP contribution in [-0.2, 0) is 9.53 Å². The van der Waals surface area contributed by atoms with Crippen molar-refractivity contribution >= 4 is 46.9 Å². The summed E-state index contributed by atoms with van der Waals surface area (Å²) in [6.45, 7) is 5.35. The molecule has 158 valence electrons. The van der Waals surface area contributed by atoms with E-state index in [4.69, 9.17) is 4.74 Å². The first-order valence-electron chi connectivity index (χ1n) is 9.10. The van der Waals surface area contributed by atoms with Gasteiger partial charge in [-0.3, -0.25) is 4.79 Å². The van der Waals surface area contributed by atoms with Crippen molar-refractivity contribution in [3.05, 3.63) is 46.5 Å². The highest BCUT2D eigenvalue weighted by Gasteiger charge is 2.29. The van der Waals surface area contributed by atoms with Crippen molar-refractivity contribution in [3.8, 4) is 0 Å². The van der Waals surface area contributed by atoms with E-state index >= 15 is 0 Å². The van der Waals surface area contributed by atoms with Gasteiger partial charge in [-0.2, -0.15) is 0 Å². The number of thioether (sulfide) groups is 2. The lowest BCUT2D eigenvalue weighted by Gasteiger charge is -2.21. The van der Waals surface area contributed by atoms with E-state index < -0.39 is 11.7 Å². The lowest BCUT2D eigenvalue weighted by Crippen LogP contribution is -2.29. The molecule has 0 bridgehead atoms. The molecule has 3 rings (SSSR count). The Balaban J connectivity index is 1.72. The van der Waals surface area contributed by atoms with E-state index in [0.717, 1.165) is 17.5 Å². The van der Waals surface area contributed by atoms with E-state index in [1.54, 1.807) is 44.7 Å². The second-order valence-electron chi connectivity index (χ2n) is 7.40. The number of allylic oxidation sites excluding steroid dienone is 1. The van der Waals surface area contributed by atoms with Crippen LogP contribution < -0.4 is 5.32 Å². The molecule has 9 nitrogen and oxygen atoms in total. The number of aromatic nitrogens is 3. The van der Waals surface area contributed by atoms with Gasteiger partial charge in [0.25, 0.3) is 0 Å². The van der Waals surface area contributed by atoms with E-state index in [1.165, 1.54) is 16.7 Å². The molecule has 0 radical (unpaired) electrons. The fourth-order valence-corrected chi connectivity index (χ4v) is 4.16. The minimum absolute atomic E-state index is 0.0177. The third kappa shape index (κ3) is 5.70. The summed E-state index contributed by atoms with van der Waals surface area (Å²) in [5.74, 6) is 0.929. The number of nitrogens with zero attached hydrogens (tertiary/aromatic N) is 4. The van der Waals surface area contributed by atoms with Crippen molar-refractivity contribution in [1.82, 2.24) is 14.8 Å². The number of nitroso groups, excluding NO2 is 1. The maximum absolute atomic E-state index is 12.8. The van der Waals surface area contributed by atoms with Gasteiger partial charge in [0.1, 0.15) is 11.3 Å². The molecule has 0 aliphatic carbocycles. The number of carbonyl (C=O) groups excluding carboxylic acids is 2. The van der Waals surface area contributed by atoms with Crippen LogP contribution in [0.2, 0.25) is 0 Å². The lowest BCUT2D eigenvalue weighted by molar-refractivity contribution is -0.113. The molecule has 0 saturated heterocycles. The zero-order valence-corrected chi connectivity index (χ0v) is 18.3. The number of carbonyl (C=O) groups is 2. The fraction of sp³-hybridized carbons (Fsp3) is 0.368. The lowest BCUT2D eigenvalue weighted by atomic mass is 10.1. The van der Waals surface area contributed by atoms with E-state index in [0.29, 0.717) is 16.7 Å². The first-order valence-corrected chi connectivity index (χ1v) is 11.1. The van der Waals surface area contributed by atoms with Crippen molar-refractivity contribution in [2.45, 2.75) is 37.4 Å². The molecule has 1 aromatic carbocycles. The van der Waals surface area contributed by atoms with Crippen LogP contribution in [0.5, 0.6) is 0 Å². The van der Waals surface area contributed by atoms with Crippen LogP contribution in [0.3, 0.4) is 0 Å². The smallest absolute Gasteiger partial charge is 0.422 e. The molecule has 1 aliphatic heterocycles. The fourth-order valence-electron chi connectivity index (χ4n) is 2.55. The summed E-state index contributed by atoms with van der Waals surface area (Å²) < 4.78 is 6.85. The molecule has 0 saturated carbocycles. The van der Waals surface area contributed by atoms with Gasteiger partial charge in [-0.25, -0.2) is 9.36 Å². The van der Waals surface area contributed by atoms with E-state index in [2.05, 4.69) is 20.7 Å². The molecule has 1 unspecified atom stereocenters. The summed E-state index contributed by atoms with van der Waals surface area (Å²) in [6, 6.07) is 6.19. The zero-order chi connectivity index (χ0) is 21.7. The zero-order valence-electron chi connectivity index (χ0n) is 16.7. The Morgan fingerprint density at radius 3 is 2.63 bits per heavy atom. The van der Waals surface area contributed by atoms with Crippen LogP contribution in [0.25, 0.3) is 0 Å². The van der Waals surface area contributed by atoms with Crippen molar-refractivity contribution < 1.29 is 14.3 Å². The number of hydrogen-bond acceptors (Lipinski definition) is 9. The maximum atomic E-state index is 12.8. The number of benzene rings is 1. The Kier molecular flexibility index (Phi) is 6.93. The van der Waals surface area contributed by atoms with Gasteiger partial charge in [-0.15, -0.1) is 26.9 Å². The van der Waals surface area contributed by atoms with Crippen LogP contribution in [0.1, 0.15) is 32.5 Å². The summed E-state index contributed by atoms with van der Waals surface area (Å²) in [5.41, 5.74) is 0.135. The van der Waals surface area contributed by atoms with E-state index in [-0.39, 0.29) is 23.3 Å². The third-order valence-electron chi connectivity index (χ3n) is 3.84. The molecule has 1 aliphatic rings. The SMILES string of the molecule is CC(C)(C)OC(=O)n1c(SCC(=O)Nc2ccc(N=O)cc2)nnc1C1C=CSC1. The Morgan fingerprint density at radius 1 is 1.30 bits per heavy atom. The van der Waals surface area contributed by atoms with Gasteiger partial charge in [0, 0.05) is 17.4 Å². The normalized spacial score (nSPS) is 15.8. The highest BCUT2D eigenvalue weighted by atomic mass is 32.2. The summed E-state index contributed by atoms with van der Waals surface area (Å²) in [7, 11) is 0. The number of ether oxygens (including phenoxy) is 1. The summed E-state index contributed by atoms with van der Waals surface area (Å²) >= 11 is 2.72. The van der Waals surface area contributed by atoms with E-state index in [9.17, 15) is 14.5 Å². The second-order valence-corrected chi connectivity index (χ2v) is 9.28. The predicted molar refractivity (Wildman–Crippen MR) is 117 cm³/mol. The minimum Gasteiger partial charge on any atom is -0.443 e. The van der Waals surface area contributed by atoms with Crippen molar-refractivity contribution in [3.63, 3.8) is 0 Å². The molecule has 0 fully saturated rings. The molecule has 2 heterocycles. The van der Waals surface area contributed by atoms with Gasteiger partial charge in [0.05, 0.1) is 5.75 Å². The summed E-state index contributed by atoms with van der Waals surface area (Å²) in [5, 5.41) is 16.1. The number of rotatable bonds is 6. The van der Waals surface area contributed by atoms with Gasteiger partial charge < -0.3 is 10.1 Å². The Labute approximate surface area is 182 Å². The molecule has 1 aromatic heterocycles. The number of nitrogens with one attached hydrogen (secondary N) is 1. The average molecular weight is 448 g/mol. The molecular formula is C19H21N5O4S2. The molecule has 1 N–H and O–H groups in total. The predicted octanol–water partition coefficient (Wildman–Crippen LogP) is 4.53. The molecule has 1 atom stereocenters. The third-order valence-corrected chi connectivity index (χ3v) is 5.67. The summed E-state index contributed by atoms with van der Waals surface area (Å²) in [6.07, 6.45) is 1.39. The largest absolute Gasteiger partial charge is 0.443 e. The standard InChI is InChI=1S/C19H21N5O4S2/c1-19(2,3)28-18(26)24-16(12-8-9-29-10-12)21-22-17(24)30-11-15(25)20-13-4-6-14(23-27)7-5-13/h4-9,12H,10-11H2,1-3H3,(H,20,25). The maximum Gasteiger partial charge on any atom is 0.422 e. The van der Waals surface area contributed by atoms with Gasteiger partial charge >= 0.3 is 6.09 Å².